The fourth-order valence-corrected chi connectivity index (χ4v) is 2.30. The van der Waals surface area contributed by atoms with Crippen molar-refractivity contribution >= 4 is 11.0 Å². The van der Waals surface area contributed by atoms with Gasteiger partial charge >= 0.3 is 5.69 Å². The van der Waals surface area contributed by atoms with E-state index >= 15 is 0 Å². The summed E-state index contributed by atoms with van der Waals surface area (Å²) in [5.74, 6) is 0. The quantitative estimate of drug-likeness (QED) is 0.661. The molecule has 0 aliphatic carbocycles. The summed E-state index contributed by atoms with van der Waals surface area (Å²) in [6.07, 6.45) is 0. The average molecular weight is 313 g/mol. The maximum atomic E-state index is 12.2. The van der Waals surface area contributed by atoms with E-state index in [9.17, 15) is 14.8 Å². The van der Waals surface area contributed by atoms with Gasteiger partial charge in [0.15, 0.2) is 11.1 Å². The molecule has 1 aromatic carbocycles. The van der Waals surface area contributed by atoms with Crippen molar-refractivity contribution in [2.24, 2.45) is 19.1 Å². The summed E-state index contributed by atoms with van der Waals surface area (Å²) in [7, 11) is 2.88. The lowest BCUT2D eigenvalue weighted by Gasteiger charge is -2.07. The topological polar surface area (TPSA) is 94.4 Å². The zero-order valence-electron chi connectivity index (χ0n) is 12.7. The van der Waals surface area contributed by atoms with Crippen LogP contribution >= 0.6 is 0 Å². The van der Waals surface area contributed by atoms with E-state index in [0.29, 0.717) is 11.4 Å². The molecule has 1 N–H and O–H groups in total. The van der Waals surface area contributed by atoms with E-state index in [1.807, 2.05) is 30.3 Å². The lowest BCUT2D eigenvalue weighted by atomic mass is 10.2. The second kappa shape index (κ2) is 5.56. The molecule has 0 fully saturated rings. The van der Waals surface area contributed by atoms with Crippen LogP contribution in [0.2, 0.25) is 0 Å². The third-order valence-corrected chi connectivity index (χ3v) is 3.60. The van der Waals surface area contributed by atoms with Gasteiger partial charge in [0.25, 0.3) is 5.56 Å². The number of benzene rings is 1. The lowest BCUT2D eigenvalue weighted by molar-refractivity contribution is 0.133. The predicted molar refractivity (Wildman–Crippen MR) is 83.1 cm³/mol. The number of rotatable bonds is 2. The fourth-order valence-electron chi connectivity index (χ4n) is 2.30. The first-order valence-electron chi connectivity index (χ1n) is 6.93. The summed E-state index contributed by atoms with van der Waals surface area (Å²) >= 11 is 0. The van der Waals surface area contributed by atoms with Crippen LogP contribution in [0.25, 0.3) is 11.0 Å². The van der Waals surface area contributed by atoms with Crippen LogP contribution in [0.1, 0.15) is 5.56 Å². The average Bonchev–Trinajstić information content (AvgIpc) is 2.57. The molecule has 8 heteroatoms. The Morgan fingerprint density at radius 1 is 1.13 bits per heavy atom. The molecule has 118 valence electrons. The summed E-state index contributed by atoms with van der Waals surface area (Å²) in [4.78, 5) is 28.9. The first kappa shape index (κ1) is 14.8. The van der Waals surface area contributed by atoms with Crippen LogP contribution in [0.3, 0.4) is 0 Å². The summed E-state index contributed by atoms with van der Waals surface area (Å²) in [5, 5.41) is 14.0. The van der Waals surface area contributed by atoms with Crippen LogP contribution in [0.15, 0.2) is 51.0 Å². The number of hydrogen-bond acceptors (Lipinski definition) is 5. The molecule has 3 aromatic rings. The lowest BCUT2D eigenvalue weighted by Crippen LogP contribution is -2.39. The molecule has 0 unspecified atom stereocenters. The predicted octanol–water partition coefficient (Wildman–Crippen LogP) is -0.228. The second-order valence-electron chi connectivity index (χ2n) is 5.14. The Hall–Kier alpha value is -3.16. The van der Waals surface area contributed by atoms with Gasteiger partial charge in [-0.15, -0.1) is 5.10 Å². The van der Waals surface area contributed by atoms with Gasteiger partial charge in [0, 0.05) is 20.2 Å². The molecule has 0 saturated carbocycles. The van der Waals surface area contributed by atoms with Gasteiger partial charge in [-0.2, -0.15) is 0 Å². The summed E-state index contributed by atoms with van der Waals surface area (Å²) in [5.41, 5.74) is 0.202. The smallest absolute Gasteiger partial charge is 0.332 e. The Balaban J connectivity index is 2.22. The van der Waals surface area contributed by atoms with Gasteiger partial charge in [0.05, 0.1) is 11.9 Å². The molecule has 0 radical (unpaired) electrons. The second-order valence-corrected chi connectivity index (χ2v) is 5.14. The first-order valence-corrected chi connectivity index (χ1v) is 6.93. The molecule has 0 saturated heterocycles. The number of hydrogen-bond donors (Lipinski definition) is 1. The molecule has 0 amide bonds. The minimum atomic E-state index is -0.510. The molecule has 0 aliphatic heterocycles. The van der Waals surface area contributed by atoms with Crippen LogP contribution in [0.4, 0.5) is 0 Å². The van der Waals surface area contributed by atoms with E-state index in [4.69, 9.17) is 0 Å². The van der Waals surface area contributed by atoms with Crippen molar-refractivity contribution in [3.8, 4) is 0 Å². The van der Waals surface area contributed by atoms with Gasteiger partial charge in [-0.25, -0.2) is 4.79 Å². The number of aromatic nitrogens is 4. The van der Waals surface area contributed by atoms with Crippen LogP contribution in [0.5, 0.6) is 0 Å². The third kappa shape index (κ3) is 2.54. The Kier molecular flexibility index (Phi) is 3.57. The van der Waals surface area contributed by atoms with Crippen molar-refractivity contribution in [1.82, 2.24) is 19.1 Å². The van der Waals surface area contributed by atoms with Gasteiger partial charge in [-0.05, 0) is 5.56 Å². The number of aryl methyl sites for hydroxylation is 1. The van der Waals surface area contributed by atoms with Gasteiger partial charge < -0.3 is 5.21 Å². The van der Waals surface area contributed by atoms with Crippen LogP contribution < -0.4 is 16.7 Å². The van der Waals surface area contributed by atoms with Gasteiger partial charge in [0.1, 0.15) is 0 Å². The SMILES string of the molecule is Cn1c(=O)c2cc(=NCc3ccccc3)n(O)nc2n(C)c1=O. The fraction of sp³-hybridized carbons (Fsp3) is 0.200. The Labute approximate surface area is 130 Å². The van der Waals surface area contributed by atoms with Gasteiger partial charge in [0.2, 0.25) is 0 Å². The Morgan fingerprint density at radius 3 is 2.52 bits per heavy atom. The van der Waals surface area contributed by atoms with E-state index in [1.54, 1.807) is 0 Å². The largest absolute Gasteiger partial charge is 0.410 e. The van der Waals surface area contributed by atoms with Crippen molar-refractivity contribution < 1.29 is 5.21 Å². The minimum Gasteiger partial charge on any atom is -0.410 e. The van der Waals surface area contributed by atoms with E-state index in [2.05, 4.69) is 10.1 Å². The Morgan fingerprint density at radius 2 is 1.83 bits per heavy atom. The zero-order chi connectivity index (χ0) is 16.6. The van der Waals surface area contributed by atoms with E-state index in [1.165, 1.54) is 24.7 Å². The Bertz CT molecular complexity index is 1060. The first-order chi connectivity index (χ1) is 11.0. The van der Waals surface area contributed by atoms with Gasteiger partial charge in [-0.3, -0.25) is 18.9 Å². The maximum Gasteiger partial charge on any atom is 0.332 e. The van der Waals surface area contributed by atoms with E-state index in [-0.39, 0.29) is 16.5 Å². The molecule has 8 nitrogen and oxygen atoms in total. The highest BCUT2D eigenvalue weighted by molar-refractivity contribution is 5.72. The molecular formula is C15H15N5O3. The highest BCUT2D eigenvalue weighted by Gasteiger charge is 2.11. The normalized spacial score (nSPS) is 12.0. The summed E-state index contributed by atoms with van der Waals surface area (Å²) < 4.78 is 2.19. The van der Waals surface area contributed by atoms with Crippen LogP contribution in [-0.4, -0.2) is 24.3 Å². The van der Waals surface area contributed by atoms with Crippen molar-refractivity contribution in [3.63, 3.8) is 0 Å². The standard InChI is InChI=1S/C15H15N5O3/c1-18-13-11(14(21)19(2)15(18)22)8-12(20(23)17-13)16-9-10-6-4-3-5-7-10/h3-8,23H,9H2,1-2H3. The number of nitrogens with zero attached hydrogens (tertiary/aromatic N) is 5. The minimum absolute atomic E-state index is 0.0965. The molecule has 23 heavy (non-hydrogen) atoms. The molecule has 0 atom stereocenters. The number of fused-ring (bicyclic) bond motifs is 1. The highest BCUT2D eigenvalue weighted by atomic mass is 16.5. The highest BCUT2D eigenvalue weighted by Crippen LogP contribution is 2.01. The molecule has 3 rings (SSSR count). The maximum absolute atomic E-state index is 12.2. The van der Waals surface area contributed by atoms with Gasteiger partial charge in [-0.1, -0.05) is 35.2 Å². The van der Waals surface area contributed by atoms with Crippen molar-refractivity contribution in [1.29, 1.82) is 0 Å². The van der Waals surface area contributed by atoms with Crippen molar-refractivity contribution in [2.75, 3.05) is 0 Å². The molecule has 0 bridgehead atoms. The molecule has 2 heterocycles. The van der Waals surface area contributed by atoms with Crippen LogP contribution in [0, 0.1) is 0 Å². The third-order valence-electron chi connectivity index (χ3n) is 3.60. The summed E-state index contributed by atoms with van der Waals surface area (Å²) in [6, 6.07) is 10.9. The molecule has 0 aliphatic rings. The van der Waals surface area contributed by atoms with Crippen molar-refractivity contribution in [2.45, 2.75) is 6.54 Å². The zero-order valence-corrected chi connectivity index (χ0v) is 12.7. The monoisotopic (exact) mass is 313 g/mol. The molecule has 2 aromatic heterocycles. The summed E-state index contributed by atoms with van der Waals surface area (Å²) in [6.45, 7) is 0.334. The van der Waals surface area contributed by atoms with E-state index in [0.717, 1.165) is 10.1 Å². The van der Waals surface area contributed by atoms with Crippen LogP contribution in [-0.2, 0) is 20.6 Å². The molecule has 0 spiro atoms. The van der Waals surface area contributed by atoms with E-state index < -0.39 is 11.2 Å². The van der Waals surface area contributed by atoms with Crippen molar-refractivity contribution in [3.05, 3.63) is 68.3 Å². The molecular weight excluding hydrogens is 298 g/mol.